The van der Waals surface area contributed by atoms with Crippen LogP contribution in [0.4, 0.5) is 8.78 Å². The molecule has 0 aliphatic carbocycles. The van der Waals surface area contributed by atoms with Gasteiger partial charge in [0.15, 0.2) is 0 Å². The predicted molar refractivity (Wildman–Crippen MR) is 77.4 cm³/mol. The van der Waals surface area contributed by atoms with E-state index in [4.69, 9.17) is 17.0 Å². The van der Waals surface area contributed by atoms with E-state index >= 15 is 0 Å². The molecule has 1 aromatic carbocycles. The second-order valence-electron chi connectivity index (χ2n) is 3.92. The highest BCUT2D eigenvalue weighted by Crippen LogP contribution is 2.27. The van der Waals surface area contributed by atoms with E-state index in [1.807, 2.05) is 0 Å². The first-order valence-corrected chi connectivity index (χ1v) is 7.01. The zero-order valence-electron chi connectivity index (χ0n) is 10.6. The molecule has 1 heterocycles. The molecular formula is C13H12F2N2OS2. The zero-order valence-corrected chi connectivity index (χ0v) is 12.2. The second kappa shape index (κ2) is 6.92. The molecule has 0 spiro atoms. The van der Waals surface area contributed by atoms with Crippen molar-refractivity contribution < 1.29 is 13.5 Å². The van der Waals surface area contributed by atoms with Crippen molar-refractivity contribution in [1.29, 1.82) is 0 Å². The summed E-state index contributed by atoms with van der Waals surface area (Å²) in [4.78, 5) is 7.76. The first-order chi connectivity index (χ1) is 9.58. The molecule has 1 N–H and O–H groups in total. The van der Waals surface area contributed by atoms with Gasteiger partial charge < -0.3 is 9.72 Å². The van der Waals surface area contributed by atoms with Gasteiger partial charge in [-0.15, -0.1) is 0 Å². The van der Waals surface area contributed by atoms with E-state index in [9.17, 15) is 8.78 Å². The molecule has 2 aromatic rings. The summed E-state index contributed by atoms with van der Waals surface area (Å²) in [5, 5.41) is 0. The Balaban J connectivity index is 2.29. The highest BCUT2D eigenvalue weighted by Gasteiger charge is 2.06. The van der Waals surface area contributed by atoms with Gasteiger partial charge in [0.2, 0.25) is 0 Å². The number of hydrogen-bond acceptors (Lipinski definition) is 4. The van der Waals surface area contributed by atoms with Crippen LogP contribution in [0.5, 0.6) is 0 Å². The summed E-state index contributed by atoms with van der Waals surface area (Å²) in [6.07, 6.45) is 0. The Morgan fingerprint density at radius 3 is 2.65 bits per heavy atom. The zero-order chi connectivity index (χ0) is 14.5. The minimum Gasteiger partial charge on any atom is -0.377 e. The fourth-order valence-electron chi connectivity index (χ4n) is 1.68. The van der Waals surface area contributed by atoms with Crippen molar-refractivity contribution in [3.05, 3.63) is 40.8 Å². The number of aromatic nitrogens is 2. The van der Waals surface area contributed by atoms with Crippen molar-refractivity contribution in [2.75, 3.05) is 7.11 Å². The Kier molecular flexibility index (Phi) is 5.22. The summed E-state index contributed by atoms with van der Waals surface area (Å²) < 4.78 is 30.0. The number of H-pyrrole nitrogens is 1. The van der Waals surface area contributed by atoms with Crippen LogP contribution in [0, 0.1) is 4.64 Å². The van der Waals surface area contributed by atoms with Crippen molar-refractivity contribution in [2.45, 2.75) is 17.3 Å². The smallest absolute Gasteiger partial charge is 0.288 e. The van der Waals surface area contributed by atoms with Crippen LogP contribution < -0.4 is 0 Å². The Morgan fingerprint density at radius 1 is 1.35 bits per heavy atom. The molecule has 1 aromatic heterocycles. The maximum absolute atomic E-state index is 12.3. The number of hydrogen-bond donors (Lipinski definition) is 1. The molecule has 0 radical (unpaired) electrons. The highest BCUT2D eigenvalue weighted by atomic mass is 32.2. The van der Waals surface area contributed by atoms with Gasteiger partial charge in [-0.3, -0.25) is 0 Å². The molecule has 0 aliphatic rings. The summed E-state index contributed by atoms with van der Waals surface area (Å²) in [6.45, 7) is 0.330. The van der Waals surface area contributed by atoms with Crippen molar-refractivity contribution in [3.8, 4) is 11.3 Å². The van der Waals surface area contributed by atoms with Crippen molar-refractivity contribution in [3.63, 3.8) is 0 Å². The summed E-state index contributed by atoms with van der Waals surface area (Å²) in [6, 6.07) is 8.56. The molecule has 0 amide bonds. The lowest BCUT2D eigenvalue weighted by Crippen LogP contribution is -1.98. The number of nitrogens with one attached hydrogen (secondary N) is 1. The van der Waals surface area contributed by atoms with Gasteiger partial charge in [0.25, 0.3) is 5.76 Å². The minimum absolute atomic E-state index is 0.330. The predicted octanol–water partition coefficient (Wildman–Crippen LogP) is 4.27. The number of rotatable bonds is 5. The topological polar surface area (TPSA) is 37.9 Å². The van der Waals surface area contributed by atoms with Gasteiger partial charge in [-0.25, -0.2) is 4.98 Å². The van der Waals surface area contributed by atoms with Gasteiger partial charge in [0.05, 0.1) is 0 Å². The van der Waals surface area contributed by atoms with Gasteiger partial charge in [-0.2, -0.15) is 8.78 Å². The lowest BCUT2D eigenvalue weighted by molar-refractivity contribution is 0.177. The van der Waals surface area contributed by atoms with Gasteiger partial charge >= 0.3 is 0 Å². The Labute approximate surface area is 124 Å². The first kappa shape index (κ1) is 15.1. The standard InChI is InChI=1S/C13H12F2N2OS2/c1-18-7-11-16-10(6-12(19)17-11)8-2-4-9(5-3-8)20-13(14)15/h2-6,13H,7H2,1H3,(H,16,17,19). The number of nitrogens with zero attached hydrogens (tertiary/aromatic N) is 1. The van der Waals surface area contributed by atoms with E-state index < -0.39 is 5.76 Å². The van der Waals surface area contributed by atoms with Crippen molar-refractivity contribution in [1.82, 2.24) is 9.97 Å². The van der Waals surface area contributed by atoms with E-state index in [0.717, 1.165) is 11.3 Å². The quantitative estimate of drug-likeness (QED) is 0.661. The molecule has 0 fully saturated rings. The summed E-state index contributed by atoms with van der Waals surface area (Å²) >= 11 is 5.61. The largest absolute Gasteiger partial charge is 0.377 e. The Hall–Kier alpha value is -1.31. The lowest BCUT2D eigenvalue weighted by Gasteiger charge is -2.06. The highest BCUT2D eigenvalue weighted by molar-refractivity contribution is 7.99. The number of alkyl halides is 2. The van der Waals surface area contributed by atoms with E-state index in [1.54, 1.807) is 37.4 Å². The molecule has 0 aliphatic heterocycles. The molecule has 106 valence electrons. The lowest BCUT2D eigenvalue weighted by atomic mass is 10.1. The molecule has 20 heavy (non-hydrogen) atoms. The van der Waals surface area contributed by atoms with E-state index in [2.05, 4.69) is 9.97 Å². The summed E-state index contributed by atoms with van der Waals surface area (Å²) in [7, 11) is 1.57. The van der Waals surface area contributed by atoms with Crippen LogP contribution in [0.25, 0.3) is 11.3 Å². The molecular weight excluding hydrogens is 302 g/mol. The van der Waals surface area contributed by atoms with E-state index in [0.29, 0.717) is 33.7 Å². The number of thioether (sulfide) groups is 1. The normalized spacial score (nSPS) is 11.0. The number of methoxy groups -OCH3 is 1. The Morgan fingerprint density at radius 2 is 2.05 bits per heavy atom. The van der Waals surface area contributed by atoms with Crippen molar-refractivity contribution in [2.24, 2.45) is 0 Å². The molecule has 3 nitrogen and oxygen atoms in total. The third-order valence-electron chi connectivity index (χ3n) is 2.46. The second-order valence-corrected chi connectivity index (χ2v) is 5.40. The maximum Gasteiger partial charge on any atom is 0.288 e. The van der Waals surface area contributed by atoms with Crippen molar-refractivity contribution >= 4 is 24.0 Å². The van der Waals surface area contributed by atoms with Crippen LogP contribution in [0.2, 0.25) is 0 Å². The molecule has 0 atom stereocenters. The molecule has 0 saturated heterocycles. The summed E-state index contributed by atoms with van der Waals surface area (Å²) in [5.41, 5.74) is 1.64. The summed E-state index contributed by atoms with van der Waals surface area (Å²) in [5.74, 6) is -1.79. The fraction of sp³-hybridized carbons (Fsp3) is 0.231. The number of halogens is 2. The van der Waals surface area contributed by atoms with Crippen LogP contribution in [-0.2, 0) is 11.3 Å². The van der Waals surface area contributed by atoms with Crippen LogP contribution in [-0.4, -0.2) is 22.8 Å². The van der Waals surface area contributed by atoms with Gasteiger partial charge in [0.1, 0.15) is 17.1 Å². The number of benzene rings is 1. The van der Waals surface area contributed by atoms with E-state index in [1.165, 1.54) is 0 Å². The SMILES string of the molecule is COCc1nc(=S)cc(-c2ccc(SC(F)F)cc2)[nH]1. The first-order valence-electron chi connectivity index (χ1n) is 5.73. The van der Waals surface area contributed by atoms with Crippen LogP contribution in [0.1, 0.15) is 5.82 Å². The van der Waals surface area contributed by atoms with Gasteiger partial charge in [0, 0.05) is 17.7 Å². The molecule has 0 unspecified atom stereocenters. The third-order valence-corrected chi connectivity index (χ3v) is 3.40. The molecule has 0 saturated carbocycles. The van der Waals surface area contributed by atoms with Gasteiger partial charge in [-0.1, -0.05) is 36.1 Å². The average molecular weight is 314 g/mol. The fourth-order valence-corrected chi connectivity index (χ4v) is 2.41. The average Bonchev–Trinajstić information content (AvgIpc) is 2.38. The Bertz CT molecular complexity index is 629. The van der Waals surface area contributed by atoms with Crippen LogP contribution in [0.3, 0.4) is 0 Å². The maximum atomic E-state index is 12.3. The van der Waals surface area contributed by atoms with Gasteiger partial charge in [-0.05, 0) is 23.8 Å². The number of aromatic amines is 1. The van der Waals surface area contributed by atoms with E-state index in [-0.39, 0.29) is 0 Å². The molecule has 7 heteroatoms. The third kappa shape index (κ3) is 4.09. The van der Waals surface area contributed by atoms with Crippen LogP contribution >= 0.6 is 24.0 Å². The number of ether oxygens (including phenoxy) is 1. The molecule has 2 rings (SSSR count). The monoisotopic (exact) mass is 314 g/mol. The molecule has 0 bridgehead atoms. The van der Waals surface area contributed by atoms with Crippen LogP contribution in [0.15, 0.2) is 35.2 Å². The minimum atomic E-state index is -2.42.